The molecule has 1 fully saturated rings. The second-order valence-corrected chi connectivity index (χ2v) is 4.64. The van der Waals surface area contributed by atoms with Crippen molar-refractivity contribution in [3.8, 4) is 0 Å². The minimum absolute atomic E-state index is 0.203. The van der Waals surface area contributed by atoms with Gasteiger partial charge in [-0.05, 0) is 25.0 Å². The van der Waals surface area contributed by atoms with Crippen LogP contribution in [0.3, 0.4) is 0 Å². The Bertz CT molecular complexity index is 613. The number of fused-ring (bicyclic) bond motifs is 1. The topological polar surface area (TPSA) is 70.8 Å². The Morgan fingerprint density at radius 2 is 2.11 bits per heavy atom. The molecule has 1 aromatic carbocycles. The zero-order chi connectivity index (χ0) is 13.4. The van der Waals surface area contributed by atoms with Gasteiger partial charge in [0.1, 0.15) is 11.6 Å². The van der Waals surface area contributed by atoms with E-state index in [-0.39, 0.29) is 11.7 Å². The van der Waals surface area contributed by atoms with Gasteiger partial charge in [-0.15, -0.1) is 0 Å². The summed E-state index contributed by atoms with van der Waals surface area (Å²) in [5.74, 6) is -1.10. The summed E-state index contributed by atoms with van der Waals surface area (Å²) in [6.07, 6.45) is 1.21. The first-order valence-electron chi connectivity index (χ1n) is 6.19. The van der Waals surface area contributed by atoms with Crippen LogP contribution in [0.15, 0.2) is 34.7 Å². The summed E-state index contributed by atoms with van der Waals surface area (Å²) >= 11 is 0. The van der Waals surface area contributed by atoms with Crippen LogP contribution >= 0.6 is 0 Å². The van der Waals surface area contributed by atoms with Gasteiger partial charge in [-0.3, -0.25) is 4.79 Å². The van der Waals surface area contributed by atoms with Crippen molar-refractivity contribution in [1.29, 1.82) is 0 Å². The molecule has 0 spiro atoms. The molecular weight excluding hydrogens is 246 g/mol. The largest absolute Gasteiger partial charge is 0.480 e. The van der Waals surface area contributed by atoms with Crippen LogP contribution < -0.4 is 0 Å². The van der Waals surface area contributed by atoms with E-state index < -0.39 is 12.0 Å². The highest BCUT2D eigenvalue weighted by Crippen LogP contribution is 2.24. The number of rotatable bonds is 2. The van der Waals surface area contributed by atoms with Crippen molar-refractivity contribution in [3.63, 3.8) is 0 Å². The molecule has 19 heavy (non-hydrogen) atoms. The monoisotopic (exact) mass is 259 g/mol. The number of carboxylic acids is 1. The van der Waals surface area contributed by atoms with E-state index in [1.165, 1.54) is 4.90 Å². The van der Waals surface area contributed by atoms with Crippen LogP contribution in [0.2, 0.25) is 0 Å². The molecule has 5 nitrogen and oxygen atoms in total. The molecule has 1 saturated heterocycles. The van der Waals surface area contributed by atoms with Crippen LogP contribution in [0.4, 0.5) is 0 Å². The van der Waals surface area contributed by atoms with Gasteiger partial charge in [-0.2, -0.15) is 0 Å². The van der Waals surface area contributed by atoms with E-state index in [1.54, 1.807) is 12.1 Å². The molecule has 5 heteroatoms. The van der Waals surface area contributed by atoms with Crippen LogP contribution in [0, 0.1) is 0 Å². The van der Waals surface area contributed by atoms with Crippen molar-refractivity contribution in [1.82, 2.24) is 4.90 Å². The van der Waals surface area contributed by atoms with Gasteiger partial charge >= 0.3 is 5.97 Å². The predicted molar refractivity (Wildman–Crippen MR) is 67.9 cm³/mol. The standard InChI is InChI=1S/C14H13NO4/c16-13(15-7-3-5-10(15)14(17)18)12-8-9-4-1-2-6-11(9)19-12/h1-2,4,6,8,10H,3,5,7H2,(H,17,18)/t10-/m1/s1. The second-order valence-electron chi connectivity index (χ2n) is 4.64. The summed E-state index contributed by atoms with van der Waals surface area (Å²) in [6, 6.07) is 8.26. The third-order valence-corrected chi connectivity index (χ3v) is 3.44. The number of benzene rings is 1. The Morgan fingerprint density at radius 3 is 2.84 bits per heavy atom. The van der Waals surface area contributed by atoms with E-state index in [0.717, 1.165) is 5.39 Å². The molecule has 1 aliphatic rings. The summed E-state index contributed by atoms with van der Waals surface area (Å²) in [4.78, 5) is 24.8. The molecule has 1 aromatic heterocycles. The molecule has 2 aromatic rings. The van der Waals surface area contributed by atoms with E-state index in [0.29, 0.717) is 25.0 Å². The number of carbonyl (C=O) groups is 2. The molecule has 0 unspecified atom stereocenters. The molecule has 0 aliphatic carbocycles. The molecule has 3 rings (SSSR count). The molecule has 0 radical (unpaired) electrons. The SMILES string of the molecule is O=C(O)[C@H]1CCCN1C(=O)c1cc2ccccc2o1. The molecular formula is C14H13NO4. The Hall–Kier alpha value is -2.30. The lowest BCUT2D eigenvalue weighted by atomic mass is 10.2. The van der Waals surface area contributed by atoms with Crippen molar-refractivity contribution in [2.45, 2.75) is 18.9 Å². The van der Waals surface area contributed by atoms with Gasteiger partial charge in [0.15, 0.2) is 5.76 Å². The molecule has 1 atom stereocenters. The highest BCUT2D eigenvalue weighted by Gasteiger charge is 2.35. The Kier molecular flexibility index (Phi) is 2.74. The smallest absolute Gasteiger partial charge is 0.326 e. The molecule has 1 N–H and O–H groups in total. The minimum atomic E-state index is -0.957. The van der Waals surface area contributed by atoms with Crippen molar-refractivity contribution < 1.29 is 19.1 Å². The predicted octanol–water partition coefficient (Wildman–Crippen LogP) is 2.12. The number of aliphatic carboxylic acids is 1. The van der Waals surface area contributed by atoms with Crippen LogP contribution in [0.1, 0.15) is 23.4 Å². The number of hydrogen-bond donors (Lipinski definition) is 1. The number of hydrogen-bond acceptors (Lipinski definition) is 3. The van der Waals surface area contributed by atoms with Crippen molar-refractivity contribution in [2.75, 3.05) is 6.54 Å². The highest BCUT2D eigenvalue weighted by molar-refractivity contribution is 5.98. The number of nitrogens with zero attached hydrogens (tertiary/aromatic N) is 1. The summed E-state index contributed by atoms with van der Waals surface area (Å²) in [5, 5.41) is 9.94. The molecule has 98 valence electrons. The first-order valence-corrected chi connectivity index (χ1v) is 6.19. The van der Waals surface area contributed by atoms with Gasteiger partial charge in [0.05, 0.1) is 0 Å². The van der Waals surface area contributed by atoms with Crippen molar-refractivity contribution >= 4 is 22.8 Å². The van der Waals surface area contributed by atoms with Gasteiger partial charge in [0.25, 0.3) is 5.91 Å². The molecule has 1 aliphatic heterocycles. The Balaban J connectivity index is 1.93. The summed E-state index contributed by atoms with van der Waals surface area (Å²) < 4.78 is 5.49. The zero-order valence-electron chi connectivity index (χ0n) is 10.2. The van der Waals surface area contributed by atoms with Gasteiger partial charge in [-0.25, -0.2) is 4.79 Å². The summed E-state index contributed by atoms with van der Waals surface area (Å²) in [5.41, 5.74) is 0.636. The van der Waals surface area contributed by atoms with E-state index in [1.807, 2.05) is 18.2 Å². The lowest BCUT2D eigenvalue weighted by Gasteiger charge is -2.19. The number of carbonyl (C=O) groups excluding carboxylic acids is 1. The lowest BCUT2D eigenvalue weighted by Crippen LogP contribution is -2.40. The van der Waals surface area contributed by atoms with E-state index in [9.17, 15) is 9.59 Å². The summed E-state index contributed by atoms with van der Waals surface area (Å²) in [6.45, 7) is 0.465. The summed E-state index contributed by atoms with van der Waals surface area (Å²) in [7, 11) is 0. The van der Waals surface area contributed by atoms with Crippen LogP contribution in [0.5, 0.6) is 0 Å². The van der Waals surface area contributed by atoms with Crippen LogP contribution in [-0.4, -0.2) is 34.5 Å². The highest BCUT2D eigenvalue weighted by atomic mass is 16.4. The average Bonchev–Trinajstić information content (AvgIpc) is 3.04. The fourth-order valence-corrected chi connectivity index (χ4v) is 2.50. The third kappa shape index (κ3) is 1.97. The van der Waals surface area contributed by atoms with E-state index >= 15 is 0 Å². The second kappa shape index (κ2) is 4.42. The molecule has 0 bridgehead atoms. The number of furan rings is 1. The van der Waals surface area contributed by atoms with E-state index in [2.05, 4.69) is 0 Å². The number of carboxylic acid groups (broad SMARTS) is 1. The Labute approximate surface area is 109 Å². The lowest BCUT2D eigenvalue weighted by molar-refractivity contribution is -0.141. The fourth-order valence-electron chi connectivity index (χ4n) is 2.50. The maximum absolute atomic E-state index is 12.3. The van der Waals surface area contributed by atoms with Crippen LogP contribution in [0.25, 0.3) is 11.0 Å². The zero-order valence-corrected chi connectivity index (χ0v) is 10.2. The van der Waals surface area contributed by atoms with Crippen molar-refractivity contribution in [2.24, 2.45) is 0 Å². The van der Waals surface area contributed by atoms with Gasteiger partial charge in [0, 0.05) is 11.9 Å². The maximum atomic E-state index is 12.3. The first-order chi connectivity index (χ1) is 9.16. The van der Waals surface area contributed by atoms with Gasteiger partial charge in [0.2, 0.25) is 0 Å². The number of likely N-dealkylation sites (tertiary alicyclic amines) is 1. The van der Waals surface area contributed by atoms with Gasteiger partial charge in [-0.1, -0.05) is 18.2 Å². The quantitative estimate of drug-likeness (QED) is 0.896. The first kappa shape index (κ1) is 11.8. The average molecular weight is 259 g/mol. The minimum Gasteiger partial charge on any atom is -0.480 e. The molecule has 0 saturated carbocycles. The number of para-hydroxylation sites is 1. The third-order valence-electron chi connectivity index (χ3n) is 3.44. The Morgan fingerprint density at radius 1 is 1.32 bits per heavy atom. The van der Waals surface area contributed by atoms with Crippen molar-refractivity contribution in [3.05, 3.63) is 36.1 Å². The number of amides is 1. The molecule has 1 amide bonds. The fraction of sp³-hybridized carbons (Fsp3) is 0.286. The van der Waals surface area contributed by atoms with Gasteiger partial charge < -0.3 is 14.4 Å². The van der Waals surface area contributed by atoms with Crippen LogP contribution in [-0.2, 0) is 4.79 Å². The molecule has 2 heterocycles. The van der Waals surface area contributed by atoms with E-state index in [4.69, 9.17) is 9.52 Å². The maximum Gasteiger partial charge on any atom is 0.326 e. The normalized spacial score (nSPS) is 18.9.